The van der Waals surface area contributed by atoms with Crippen LogP contribution in [0.5, 0.6) is 0 Å². The quantitative estimate of drug-likeness (QED) is 0.785. The third-order valence-electron chi connectivity index (χ3n) is 4.40. The fourth-order valence-electron chi connectivity index (χ4n) is 3.20. The van der Waals surface area contributed by atoms with Crippen LogP contribution in [0.3, 0.4) is 0 Å². The van der Waals surface area contributed by atoms with Gasteiger partial charge in [0, 0.05) is 32.2 Å². The highest BCUT2D eigenvalue weighted by molar-refractivity contribution is 5.71. The summed E-state index contributed by atoms with van der Waals surface area (Å²) >= 11 is 0. The molecule has 0 aromatic carbocycles. The Bertz CT molecular complexity index is 275. The molecule has 0 spiro atoms. The molecule has 3 unspecified atom stereocenters. The lowest BCUT2D eigenvalue weighted by atomic mass is 9.78. The molecular formula is C13H24N2O2. The fraction of sp³-hybridized carbons (Fsp3) is 0.923. The molecule has 4 heteroatoms. The first kappa shape index (κ1) is 12.8. The third kappa shape index (κ3) is 2.99. The van der Waals surface area contributed by atoms with E-state index in [-0.39, 0.29) is 12.0 Å². The minimum absolute atomic E-state index is 0.144. The number of carbonyl (C=O) groups is 1. The smallest absolute Gasteiger partial charge is 0.308 e. The van der Waals surface area contributed by atoms with Crippen LogP contribution >= 0.6 is 0 Å². The summed E-state index contributed by atoms with van der Waals surface area (Å²) in [6.07, 6.45) is 2.98. The molecule has 1 N–H and O–H groups in total. The van der Waals surface area contributed by atoms with E-state index in [1.54, 1.807) is 0 Å². The van der Waals surface area contributed by atoms with Crippen LogP contribution < -0.4 is 0 Å². The standard InChI is InChI=1S/C13H24N2O2/c1-10-3-4-11(13(16)17)12(9-10)15-7-5-14(2)6-8-15/h10-12H,3-9H2,1-2H3,(H,16,17). The topological polar surface area (TPSA) is 43.8 Å². The van der Waals surface area contributed by atoms with Crippen molar-refractivity contribution in [3.8, 4) is 0 Å². The van der Waals surface area contributed by atoms with Crippen LogP contribution in [0.2, 0.25) is 0 Å². The zero-order valence-corrected chi connectivity index (χ0v) is 10.9. The van der Waals surface area contributed by atoms with Crippen molar-refractivity contribution in [2.24, 2.45) is 11.8 Å². The molecule has 4 nitrogen and oxygen atoms in total. The van der Waals surface area contributed by atoms with Gasteiger partial charge in [-0.15, -0.1) is 0 Å². The second-order valence-electron chi connectivity index (χ2n) is 5.77. The van der Waals surface area contributed by atoms with Crippen molar-refractivity contribution < 1.29 is 9.90 Å². The second-order valence-corrected chi connectivity index (χ2v) is 5.77. The SMILES string of the molecule is CC1CCC(C(=O)O)C(N2CCN(C)CC2)C1. The number of carboxylic acid groups (broad SMARTS) is 1. The third-order valence-corrected chi connectivity index (χ3v) is 4.40. The molecule has 1 aliphatic heterocycles. The summed E-state index contributed by atoms with van der Waals surface area (Å²) in [5.41, 5.74) is 0. The van der Waals surface area contributed by atoms with Crippen LogP contribution in [0.15, 0.2) is 0 Å². The lowest BCUT2D eigenvalue weighted by Gasteiger charge is -2.43. The molecule has 0 radical (unpaired) electrons. The number of aliphatic carboxylic acids is 1. The van der Waals surface area contributed by atoms with Gasteiger partial charge in [-0.05, 0) is 32.2 Å². The van der Waals surface area contributed by atoms with Gasteiger partial charge in [0.1, 0.15) is 0 Å². The maximum Gasteiger partial charge on any atom is 0.308 e. The molecular weight excluding hydrogens is 216 g/mol. The minimum Gasteiger partial charge on any atom is -0.481 e. The summed E-state index contributed by atoms with van der Waals surface area (Å²) in [6.45, 7) is 6.44. The van der Waals surface area contributed by atoms with E-state index >= 15 is 0 Å². The van der Waals surface area contributed by atoms with Crippen molar-refractivity contribution in [2.75, 3.05) is 33.2 Å². The maximum atomic E-state index is 11.3. The summed E-state index contributed by atoms with van der Waals surface area (Å²) in [7, 11) is 2.13. The predicted molar refractivity (Wildman–Crippen MR) is 67.0 cm³/mol. The Balaban J connectivity index is 2.01. The van der Waals surface area contributed by atoms with E-state index < -0.39 is 5.97 Å². The van der Waals surface area contributed by atoms with Gasteiger partial charge in [0.2, 0.25) is 0 Å². The number of carboxylic acids is 1. The van der Waals surface area contributed by atoms with E-state index in [1.165, 1.54) is 0 Å². The molecule has 2 fully saturated rings. The molecule has 2 aliphatic rings. The number of piperazine rings is 1. The predicted octanol–water partition coefficient (Wildman–Crippen LogP) is 1.12. The first-order valence-electron chi connectivity index (χ1n) is 6.73. The maximum absolute atomic E-state index is 11.3. The Hall–Kier alpha value is -0.610. The van der Waals surface area contributed by atoms with Gasteiger partial charge in [-0.2, -0.15) is 0 Å². The normalized spacial score (nSPS) is 36.9. The van der Waals surface area contributed by atoms with E-state index in [9.17, 15) is 9.90 Å². The molecule has 0 aromatic rings. The van der Waals surface area contributed by atoms with Crippen LogP contribution in [-0.4, -0.2) is 60.1 Å². The number of rotatable bonds is 2. The molecule has 1 aliphatic carbocycles. The van der Waals surface area contributed by atoms with Gasteiger partial charge < -0.3 is 10.0 Å². The van der Waals surface area contributed by atoms with Crippen molar-refractivity contribution in [1.29, 1.82) is 0 Å². The van der Waals surface area contributed by atoms with Gasteiger partial charge in [0.15, 0.2) is 0 Å². The molecule has 1 heterocycles. The van der Waals surface area contributed by atoms with Gasteiger partial charge in [0.25, 0.3) is 0 Å². The van der Waals surface area contributed by atoms with Crippen LogP contribution in [0, 0.1) is 11.8 Å². The molecule has 3 atom stereocenters. The monoisotopic (exact) mass is 240 g/mol. The largest absolute Gasteiger partial charge is 0.481 e. The molecule has 0 aromatic heterocycles. The molecule has 17 heavy (non-hydrogen) atoms. The van der Waals surface area contributed by atoms with Crippen molar-refractivity contribution in [2.45, 2.75) is 32.2 Å². The molecule has 0 amide bonds. The number of hydrogen-bond acceptors (Lipinski definition) is 3. The first-order chi connectivity index (χ1) is 8.08. The Kier molecular flexibility index (Phi) is 4.05. The molecule has 0 bridgehead atoms. The lowest BCUT2D eigenvalue weighted by Crippen LogP contribution is -2.54. The van der Waals surface area contributed by atoms with Gasteiger partial charge in [-0.1, -0.05) is 6.92 Å². The molecule has 1 saturated carbocycles. The van der Waals surface area contributed by atoms with Crippen molar-refractivity contribution >= 4 is 5.97 Å². The Labute approximate surface area is 104 Å². The highest BCUT2D eigenvalue weighted by Crippen LogP contribution is 2.32. The van der Waals surface area contributed by atoms with Crippen LogP contribution in [-0.2, 0) is 4.79 Å². The number of nitrogens with zero attached hydrogens (tertiary/aromatic N) is 2. The number of likely N-dealkylation sites (N-methyl/N-ethyl adjacent to an activating group) is 1. The van der Waals surface area contributed by atoms with Gasteiger partial charge in [0.05, 0.1) is 5.92 Å². The summed E-state index contributed by atoms with van der Waals surface area (Å²) in [5, 5.41) is 9.34. The average molecular weight is 240 g/mol. The van der Waals surface area contributed by atoms with E-state index in [0.717, 1.165) is 45.4 Å². The zero-order valence-electron chi connectivity index (χ0n) is 10.9. The van der Waals surface area contributed by atoms with Crippen molar-refractivity contribution in [1.82, 2.24) is 9.80 Å². The second kappa shape index (κ2) is 5.36. The van der Waals surface area contributed by atoms with Crippen LogP contribution in [0.25, 0.3) is 0 Å². The fourth-order valence-corrected chi connectivity index (χ4v) is 3.20. The van der Waals surface area contributed by atoms with Crippen LogP contribution in [0.1, 0.15) is 26.2 Å². The minimum atomic E-state index is -0.596. The van der Waals surface area contributed by atoms with Crippen molar-refractivity contribution in [3.05, 3.63) is 0 Å². The van der Waals surface area contributed by atoms with E-state index in [2.05, 4.69) is 23.8 Å². The summed E-state index contributed by atoms with van der Waals surface area (Å²) in [6, 6.07) is 0.268. The Morgan fingerprint density at radius 2 is 1.82 bits per heavy atom. The summed E-state index contributed by atoms with van der Waals surface area (Å²) in [5.74, 6) is -0.0642. The highest BCUT2D eigenvalue weighted by Gasteiger charge is 2.37. The van der Waals surface area contributed by atoms with Crippen LogP contribution in [0.4, 0.5) is 0 Å². The lowest BCUT2D eigenvalue weighted by molar-refractivity contribution is -0.146. The Morgan fingerprint density at radius 3 is 2.41 bits per heavy atom. The van der Waals surface area contributed by atoms with E-state index in [0.29, 0.717) is 5.92 Å². The Morgan fingerprint density at radius 1 is 1.18 bits per heavy atom. The zero-order chi connectivity index (χ0) is 12.4. The van der Waals surface area contributed by atoms with Gasteiger partial charge in [-0.25, -0.2) is 0 Å². The number of hydrogen-bond donors (Lipinski definition) is 1. The van der Waals surface area contributed by atoms with Gasteiger partial charge >= 0.3 is 5.97 Å². The summed E-state index contributed by atoms with van der Waals surface area (Å²) in [4.78, 5) is 16.1. The molecule has 2 rings (SSSR count). The molecule has 1 saturated heterocycles. The highest BCUT2D eigenvalue weighted by atomic mass is 16.4. The van der Waals surface area contributed by atoms with E-state index in [1.807, 2.05) is 0 Å². The molecule has 98 valence electrons. The van der Waals surface area contributed by atoms with E-state index in [4.69, 9.17) is 0 Å². The average Bonchev–Trinajstić information content (AvgIpc) is 2.29. The van der Waals surface area contributed by atoms with Gasteiger partial charge in [-0.3, -0.25) is 9.69 Å². The van der Waals surface area contributed by atoms with Crippen molar-refractivity contribution in [3.63, 3.8) is 0 Å². The summed E-state index contributed by atoms with van der Waals surface area (Å²) < 4.78 is 0. The first-order valence-corrected chi connectivity index (χ1v) is 6.73.